The second-order valence-corrected chi connectivity index (χ2v) is 9.43. The Kier molecular flexibility index (Phi) is 6.44. The average molecular weight is 406 g/mol. The van der Waals surface area contributed by atoms with Gasteiger partial charge in [0.05, 0.1) is 6.54 Å². The zero-order valence-corrected chi connectivity index (χ0v) is 17.9. The monoisotopic (exact) mass is 405 g/mol. The van der Waals surface area contributed by atoms with Crippen molar-refractivity contribution in [2.24, 2.45) is 0 Å². The number of nitrogens with one attached hydrogen (secondary N) is 1. The fourth-order valence-corrected chi connectivity index (χ4v) is 5.62. The molecule has 0 aromatic carbocycles. The summed E-state index contributed by atoms with van der Waals surface area (Å²) in [4.78, 5) is 16.8. The van der Waals surface area contributed by atoms with Gasteiger partial charge < -0.3 is 19.9 Å². The van der Waals surface area contributed by atoms with E-state index in [1.165, 1.54) is 44.9 Å². The third-order valence-corrected chi connectivity index (χ3v) is 7.46. The molecule has 0 unspecified atom stereocenters. The fraction of sp³-hybridized carbons (Fsp3) is 0.818. The molecular formula is C22H35N3O2S. The molecule has 0 radical (unpaired) electrons. The Balaban J connectivity index is 1.20. The molecule has 4 aliphatic rings. The molecule has 2 heterocycles. The third kappa shape index (κ3) is 4.64. The van der Waals surface area contributed by atoms with E-state index in [2.05, 4.69) is 16.3 Å². The number of nitrogens with zero attached hydrogens (tertiary/aromatic N) is 2. The summed E-state index contributed by atoms with van der Waals surface area (Å²) in [6.45, 7) is 3.59. The van der Waals surface area contributed by atoms with Crippen LogP contribution in [0.3, 0.4) is 0 Å². The summed E-state index contributed by atoms with van der Waals surface area (Å²) in [7, 11) is 0. The topological polar surface area (TPSA) is 44.8 Å². The lowest BCUT2D eigenvalue weighted by molar-refractivity contribution is 0.0259. The van der Waals surface area contributed by atoms with Crippen LogP contribution in [0.4, 0.5) is 4.79 Å². The van der Waals surface area contributed by atoms with E-state index in [0.29, 0.717) is 6.04 Å². The minimum absolute atomic E-state index is 0.0817. The first-order valence-corrected chi connectivity index (χ1v) is 11.8. The molecule has 5 nitrogen and oxygen atoms in total. The molecule has 4 rings (SSSR count). The predicted molar refractivity (Wildman–Crippen MR) is 115 cm³/mol. The standard InChI is InChI=1S/C22H35N3O2S/c26-21-25(17-22(27-21)12-5-2-6-13-22)19-10-15-24(16-11-19)20(28)23-14-9-18-7-3-1-4-8-18/h7,19H,1-6,8-17H2,(H,23,28). The van der Waals surface area contributed by atoms with Crippen molar-refractivity contribution in [2.45, 2.75) is 88.7 Å². The van der Waals surface area contributed by atoms with E-state index < -0.39 is 0 Å². The van der Waals surface area contributed by atoms with Gasteiger partial charge in [0.15, 0.2) is 5.11 Å². The van der Waals surface area contributed by atoms with Crippen molar-refractivity contribution in [1.29, 1.82) is 0 Å². The second-order valence-electron chi connectivity index (χ2n) is 9.05. The van der Waals surface area contributed by atoms with Gasteiger partial charge in [-0.25, -0.2) is 4.79 Å². The van der Waals surface area contributed by atoms with Crippen molar-refractivity contribution in [3.05, 3.63) is 11.6 Å². The SMILES string of the molecule is O=C1OC2(CCCCC2)CN1C1CCN(C(=S)NCCC2=CCCCC2)CC1. The van der Waals surface area contributed by atoms with E-state index >= 15 is 0 Å². The van der Waals surface area contributed by atoms with E-state index in [-0.39, 0.29) is 11.7 Å². The smallest absolute Gasteiger partial charge is 0.410 e. The Morgan fingerprint density at radius 1 is 1.18 bits per heavy atom. The van der Waals surface area contributed by atoms with Gasteiger partial charge in [-0.1, -0.05) is 18.1 Å². The maximum atomic E-state index is 12.5. The van der Waals surface area contributed by atoms with E-state index in [0.717, 1.165) is 63.4 Å². The van der Waals surface area contributed by atoms with Crippen LogP contribution in [0, 0.1) is 0 Å². The molecule has 1 saturated carbocycles. The van der Waals surface area contributed by atoms with Crippen LogP contribution < -0.4 is 5.32 Å². The largest absolute Gasteiger partial charge is 0.441 e. The van der Waals surface area contributed by atoms with Gasteiger partial charge in [0.25, 0.3) is 0 Å². The van der Waals surface area contributed by atoms with Gasteiger partial charge >= 0.3 is 6.09 Å². The van der Waals surface area contributed by atoms with Crippen molar-refractivity contribution >= 4 is 23.4 Å². The van der Waals surface area contributed by atoms with Crippen LogP contribution in [0.1, 0.15) is 77.0 Å². The van der Waals surface area contributed by atoms with E-state index in [1.54, 1.807) is 5.57 Å². The highest BCUT2D eigenvalue weighted by Crippen LogP contribution is 2.38. The fourth-order valence-electron chi connectivity index (χ4n) is 5.34. The van der Waals surface area contributed by atoms with E-state index in [9.17, 15) is 4.79 Å². The highest BCUT2D eigenvalue weighted by atomic mass is 32.1. The van der Waals surface area contributed by atoms with Crippen LogP contribution in [-0.4, -0.2) is 58.8 Å². The first kappa shape index (κ1) is 20.0. The van der Waals surface area contributed by atoms with Crippen LogP contribution in [0.2, 0.25) is 0 Å². The molecule has 0 bridgehead atoms. The van der Waals surface area contributed by atoms with Crippen molar-refractivity contribution in [1.82, 2.24) is 15.1 Å². The Morgan fingerprint density at radius 2 is 1.96 bits per heavy atom. The van der Waals surface area contributed by atoms with Crippen molar-refractivity contribution in [3.8, 4) is 0 Å². The number of carbonyl (C=O) groups excluding carboxylic acids is 1. The van der Waals surface area contributed by atoms with Crippen LogP contribution in [0.5, 0.6) is 0 Å². The molecule has 6 heteroatoms. The summed E-state index contributed by atoms with van der Waals surface area (Å²) in [6.07, 6.45) is 16.3. The summed E-state index contributed by atoms with van der Waals surface area (Å²) in [5, 5.41) is 4.33. The van der Waals surface area contributed by atoms with Crippen LogP contribution >= 0.6 is 12.2 Å². The van der Waals surface area contributed by atoms with Gasteiger partial charge in [-0.2, -0.15) is 0 Å². The molecule has 0 atom stereocenters. The number of rotatable bonds is 4. The first-order valence-electron chi connectivity index (χ1n) is 11.4. The lowest BCUT2D eigenvalue weighted by Crippen LogP contribution is -2.50. The molecule has 2 saturated heterocycles. The molecule has 1 spiro atoms. The summed E-state index contributed by atoms with van der Waals surface area (Å²) in [5.74, 6) is 0. The lowest BCUT2D eigenvalue weighted by atomic mass is 9.84. The Bertz CT molecular complexity index is 607. The molecule has 1 amide bonds. The number of hydrogen-bond donors (Lipinski definition) is 1. The minimum Gasteiger partial charge on any atom is -0.441 e. The molecule has 28 heavy (non-hydrogen) atoms. The molecule has 0 aromatic rings. The van der Waals surface area contributed by atoms with Gasteiger partial charge in [0.2, 0.25) is 0 Å². The summed E-state index contributed by atoms with van der Waals surface area (Å²) in [6, 6.07) is 0.306. The van der Waals surface area contributed by atoms with Gasteiger partial charge in [-0.15, -0.1) is 0 Å². The summed E-state index contributed by atoms with van der Waals surface area (Å²) >= 11 is 5.62. The number of ether oxygens (including phenoxy) is 1. The number of carbonyl (C=O) groups is 1. The van der Waals surface area contributed by atoms with E-state index in [4.69, 9.17) is 17.0 Å². The number of amides is 1. The highest BCUT2D eigenvalue weighted by molar-refractivity contribution is 7.80. The molecule has 2 aliphatic carbocycles. The van der Waals surface area contributed by atoms with Gasteiger partial charge in [-0.3, -0.25) is 0 Å². The zero-order chi connectivity index (χ0) is 19.4. The van der Waals surface area contributed by atoms with Crippen LogP contribution in [0.25, 0.3) is 0 Å². The molecule has 156 valence electrons. The maximum Gasteiger partial charge on any atom is 0.410 e. The van der Waals surface area contributed by atoms with Gasteiger partial charge in [-0.05, 0) is 82.8 Å². The quantitative estimate of drug-likeness (QED) is 0.556. The van der Waals surface area contributed by atoms with Crippen molar-refractivity contribution in [2.75, 3.05) is 26.2 Å². The van der Waals surface area contributed by atoms with Crippen LogP contribution in [-0.2, 0) is 4.74 Å². The summed E-state index contributed by atoms with van der Waals surface area (Å²) < 4.78 is 5.87. The Labute approximate surface area is 174 Å². The lowest BCUT2D eigenvalue weighted by Gasteiger charge is -2.37. The molecular weight excluding hydrogens is 370 g/mol. The van der Waals surface area contributed by atoms with E-state index in [1.807, 2.05) is 4.90 Å². The van der Waals surface area contributed by atoms with Crippen molar-refractivity contribution < 1.29 is 9.53 Å². The number of piperidine rings is 1. The average Bonchev–Trinajstić information content (AvgIpc) is 3.04. The Morgan fingerprint density at radius 3 is 2.68 bits per heavy atom. The second kappa shape index (κ2) is 9.02. The maximum absolute atomic E-state index is 12.5. The number of likely N-dealkylation sites (tertiary alicyclic amines) is 1. The van der Waals surface area contributed by atoms with Crippen molar-refractivity contribution in [3.63, 3.8) is 0 Å². The molecule has 0 aromatic heterocycles. The number of allylic oxidation sites excluding steroid dienone is 1. The molecule has 3 fully saturated rings. The normalized spacial score (nSPS) is 25.6. The van der Waals surface area contributed by atoms with Gasteiger partial charge in [0.1, 0.15) is 5.60 Å². The number of hydrogen-bond acceptors (Lipinski definition) is 3. The highest BCUT2D eigenvalue weighted by Gasteiger charge is 2.48. The first-order chi connectivity index (χ1) is 13.7. The van der Waals surface area contributed by atoms with Gasteiger partial charge in [0, 0.05) is 25.7 Å². The zero-order valence-electron chi connectivity index (χ0n) is 17.1. The Hall–Kier alpha value is -1.30. The molecule has 1 N–H and O–H groups in total. The van der Waals surface area contributed by atoms with Crippen LogP contribution in [0.15, 0.2) is 11.6 Å². The third-order valence-electron chi connectivity index (χ3n) is 7.06. The number of thiocarbonyl (C=S) groups is 1. The predicted octanol–water partition coefficient (Wildman–Crippen LogP) is 4.37. The molecule has 2 aliphatic heterocycles. The minimum atomic E-state index is -0.183. The summed E-state index contributed by atoms with van der Waals surface area (Å²) in [5.41, 5.74) is 1.40.